The van der Waals surface area contributed by atoms with Crippen molar-refractivity contribution in [3.63, 3.8) is 0 Å². The highest BCUT2D eigenvalue weighted by Crippen LogP contribution is 1.89. The van der Waals surface area contributed by atoms with Crippen LogP contribution < -0.4 is 0 Å². The molecule has 76 valence electrons. The fraction of sp³-hybridized carbons (Fsp3) is 1.00. The zero-order valence-corrected chi connectivity index (χ0v) is 8.25. The minimum Gasteiger partial charge on any atom is -0.396 e. The quantitative estimate of drug-likeness (QED) is 0.600. The van der Waals surface area contributed by atoms with Gasteiger partial charge in [0.2, 0.25) is 0 Å². The molecule has 0 rings (SSSR count). The predicted octanol–water partition coefficient (Wildman–Crippen LogP) is 1.18. The molecular weight excluding hydrogens is 156 g/mol. The lowest BCUT2D eigenvalue weighted by atomic mass is 10.3. The molecular formula is C9H22O3. The molecule has 0 saturated carbocycles. The molecule has 2 N–H and O–H groups in total. The molecule has 0 aliphatic heterocycles. The average molecular weight is 178 g/mol. The summed E-state index contributed by atoms with van der Waals surface area (Å²) in [6.07, 6.45) is 3.33. The molecule has 3 heteroatoms. The second-order valence-electron chi connectivity index (χ2n) is 2.35. The van der Waals surface area contributed by atoms with Gasteiger partial charge in [0, 0.05) is 13.2 Å². The van der Waals surface area contributed by atoms with Crippen LogP contribution in [0.25, 0.3) is 0 Å². The van der Waals surface area contributed by atoms with Crippen LogP contribution >= 0.6 is 0 Å². The normalized spacial score (nSPS) is 9.00. The average Bonchev–Trinajstić information content (AvgIpc) is 2.12. The van der Waals surface area contributed by atoms with Crippen LogP contribution in [-0.4, -0.2) is 36.6 Å². The SMILES string of the molecule is CCCCCO.CCOCCO. The van der Waals surface area contributed by atoms with E-state index < -0.39 is 0 Å². The number of hydrogen-bond acceptors (Lipinski definition) is 3. The molecule has 0 aromatic rings. The highest BCUT2D eigenvalue weighted by atomic mass is 16.5. The van der Waals surface area contributed by atoms with Crippen molar-refractivity contribution in [2.75, 3.05) is 26.4 Å². The summed E-state index contributed by atoms with van der Waals surface area (Å²) in [5.74, 6) is 0. The van der Waals surface area contributed by atoms with Crippen LogP contribution in [0.1, 0.15) is 33.1 Å². The van der Waals surface area contributed by atoms with Gasteiger partial charge in [-0.3, -0.25) is 0 Å². The standard InChI is InChI=1S/C5H12O.C4H10O2/c1-2-3-4-5-6;1-2-6-4-3-5/h6H,2-5H2,1H3;5H,2-4H2,1H3. The summed E-state index contributed by atoms with van der Waals surface area (Å²) in [6.45, 7) is 5.67. The van der Waals surface area contributed by atoms with E-state index in [1.165, 1.54) is 6.42 Å². The van der Waals surface area contributed by atoms with Crippen LogP contribution in [0.15, 0.2) is 0 Å². The van der Waals surface area contributed by atoms with Gasteiger partial charge in [-0.05, 0) is 13.3 Å². The van der Waals surface area contributed by atoms with Crippen LogP contribution in [0.4, 0.5) is 0 Å². The van der Waals surface area contributed by atoms with E-state index in [1.807, 2.05) is 6.92 Å². The largest absolute Gasteiger partial charge is 0.396 e. The molecule has 0 spiro atoms. The van der Waals surface area contributed by atoms with Crippen molar-refractivity contribution >= 4 is 0 Å². The van der Waals surface area contributed by atoms with Crippen molar-refractivity contribution in [1.29, 1.82) is 0 Å². The number of hydrogen-bond donors (Lipinski definition) is 2. The Bertz CT molecular complexity index is 41.7. The fourth-order valence-corrected chi connectivity index (χ4v) is 0.571. The van der Waals surface area contributed by atoms with Gasteiger partial charge in [-0.25, -0.2) is 0 Å². The Kier molecular flexibility index (Phi) is 20.5. The molecule has 0 fully saturated rings. The zero-order valence-electron chi connectivity index (χ0n) is 8.25. The van der Waals surface area contributed by atoms with E-state index in [0.29, 0.717) is 19.8 Å². The Labute approximate surface area is 75.4 Å². The maximum Gasteiger partial charge on any atom is 0.0697 e. The molecule has 0 aliphatic carbocycles. The topological polar surface area (TPSA) is 49.7 Å². The molecule has 3 nitrogen and oxygen atoms in total. The molecule has 0 saturated heterocycles. The number of unbranched alkanes of at least 4 members (excludes halogenated alkanes) is 2. The molecule has 12 heavy (non-hydrogen) atoms. The van der Waals surface area contributed by atoms with E-state index in [-0.39, 0.29) is 6.61 Å². The molecule has 0 aromatic heterocycles. The second-order valence-corrected chi connectivity index (χ2v) is 2.35. The Morgan fingerprint density at radius 3 is 1.83 bits per heavy atom. The zero-order chi connectivity index (χ0) is 9.66. The van der Waals surface area contributed by atoms with Crippen molar-refractivity contribution in [3.05, 3.63) is 0 Å². The van der Waals surface area contributed by atoms with Crippen LogP contribution in [0, 0.1) is 0 Å². The molecule has 0 atom stereocenters. The van der Waals surface area contributed by atoms with Gasteiger partial charge >= 0.3 is 0 Å². The van der Waals surface area contributed by atoms with E-state index in [9.17, 15) is 0 Å². The summed E-state index contributed by atoms with van der Waals surface area (Å²) in [7, 11) is 0. The Morgan fingerprint density at radius 1 is 1.00 bits per heavy atom. The third kappa shape index (κ3) is 22.5. The van der Waals surface area contributed by atoms with Gasteiger partial charge in [0.15, 0.2) is 0 Å². The lowest BCUT2D eigenvalue weighted by molar-refractivity contribution is 0.102. The Morgan fingerprint density at radius 2 is 1.67 bits per heavy atom. The maximum absolute atomic E-state index is 8.20. The van der Waals surface area contributed by atoms with Gasteiger partial charge in [-0.1, -0.05) is 19.8 Å². The van der Waals surface area contributed by atoms with E-state index in [0.717, 1.165) is 12.8 Å². The second kappa shape index (κ2) is 17.1. The summed E-state index contributed by atoms with van der Waals surface area (Å²) in [5.41, 5.74) is 0. The monoisotopic (exact) mass is 178 g/mol. The van der Waals surface area contributed by atoms with Crippen molar-refractivity contribution in [2.24, 2.45) is 0 Å². The number of aliphatic hydroxyl groups excluding tert-OH is 2. The summed E-state index contributed by atoms with van der Waals surface area (Å²) >= 11 is 0. The van der Waals surface area contributed by atoms with E-state index >= 15 is 0 Å². The van der Waals surface area contributed by atoms with E-state index in [1.54, 1.807) is 0 Å². The lowest BCUT2D eigenvalue weighted by Crippen LogP contribution is -1.96. The molecule has 0 heterocycles. The predicted molar refractivity (Wildman–Crippen MR) is 50.2 cm³/mol. The van der Waals surface area contributed by atoms with Gasteiger partial charge in [-0.2, -0.15) is 0 Å². The van der Waals surface area contributed by atoms with Gasteiger partial charge < -0.3 is 14.9 Å². The maximum atomic E-state index is 8.20. The first-order chi connectivity index (χ1) is 5.83. The lowest BCUT2D eigenvalue weighted by Gasteiger charge is -1.91. The van der Waals surface area contributed by atoms with E-state index in [4.69, 9.17) is 14.9 Å². The highest BCUT2D eigenvalue weighted by molar-refractivity contribution is 4.30. The van der Waals surface area contributed by atoms with Crippen LogP contribution in [0.5, 0.6) is 0 Å². The van der Waals surface area contributed by atoms with E-state index in [2.05, 4.69) is 6.92 Å². The van der Waals surface area contributed by atoms with Crippen molar-refractivity contribution in [2.45, 2.75) is 33.1 Å². The highest BCUT2D eigenvalue weighted by Gasteiger charge is 1.76. The van der Waals surface area contributed by atoms with Gasteiger partial charge in [-0.15, -0.1) is 0 Å². The first-order valence-electron chi connectivity index (χ1n) is 4.62. The number of ether oxygens (including phenoxy) is 1. The molecule has 0 aliphatic rings. The molecule has 0 bridgehead atoms. The van der Waals surface area contributed by atoms with Crippen molar-refractivity contribution in [3.8, 4) is 0 Å². The first-order valence-corrected chi connectivity index (χ1v) is 4.62. The molecule has 0 aromatic carbocycles. The summed E-state index contributed by atoms with van der Waals surface area (Å²) in [4.78, 5) is 0. The molecule has 0 unspecified atom stereocenters. The summed E-state index contributed by atoms with van der Waals surface area (Å²) in [6, 6.07) is 0. The van der Waals surface area contributed by atoms with Gasteiger partial charge in [0.1, 0.15) is 0 Å². The Hall–Kier alpha value is -0.120. The van der Waals surface area contributed by atoms with Gasteiger partial charge in [0.05, 0.1) is 13.2 Å². The number of aliphatic hydroxyl groups is 2. The van der Waals surface area contributed by atoms with Crippen LogP contribution in [0.3, 0.4) is 0 Å². The molecule has 0 amide bonds. The van der Waals surface area contributed by atoms with Crippen LogP contribution in [0.2, 0.25) is 0 Å². The summed E-state index contributed by atoms with van der Waals surface area (Å²) < 4.78 is 4.73. The van der Waals surface area contributed by atoms with Crippen molar-refractivity contribution in [1.82, 2.24) is 0 Å². The summed E-state index contributed by atoms with van der Waals surface area (Å²) in [5, 5.41) is 16.3. The van der Waals surface area contributed by atoms with Crippen LogP contribution in [-0.2, 0) is 4.74 Å². The smallest absolute Gasteiger partial charge is 0.0697 e. The minimum atomic E-state index is 0.133. The Balaban J connectivity index is 0. The minimum absolute atomic E-state index is 0.133. The third-order valence-corrected chi connectivity index (χ3v) is 1.20. The fourth-order valence-electron chi connectivity index (χ4n) is 0.571. The third-order valence-electron chi connectivity index (χ3n) is 1.20. The van der Waals surface area contributed by atoms with Gasteiger partial charge in [0.25, 0.3) is 0 Å². The molecule has 0 radical (unpaired) electrons. The number of rotatable bonds is 6. The van der Waals surface area contributed by atoms with Crippen molar-refractivity contribution < 1.29 is 14.9 Å². The first kappa shape index (κ1) is 14.4.